The largest absolute Gasteiger partial charge is 0.493 e. The fourth-order valence-corrected chi connectivity index (χ4v) is 2.90. The lowest BCUT2D eigenvalue weighted by Gasteiger charge is -2.19. The monoisotopic (exact) mass is 287 g/mol. The van der Waals surface area contributed by atoms with Crippen molar-refractivity contribution < 1.29 is 14.6 Å². The minimum absolute atomic E-state index is 0.0443. The van der Waals surface area contributed by atoms with Gasteiger partial charge < -0.3 is 15.2 Å². The number of allylic oxidation sites excluding steroid dienone is 2. The van der Waals surface area contributed by atoms with Crippen molar-refractivity contribution in [1.29, 1.82) is 0 Å². The molecule has 1 aliphatic carbocycles. The van der Waals surface area contributed by atoms with Crippen molar-refractivity contribution in [3.63, 3.8) is 0 Å². The summed E-state index contributed by atoms with van der Waals surface area (Å²) in [6, 6.07) is 5.74. The number of aliphatic hydroxyl groups is 1. The van der Waals surface area contributed by atoms with Crippen LogP contribution in [-0.4, -0.2) is 24.2 Å². The highest BCUT2D eigenvalue weighted by Crippen LogP contribution is 2.28. The first-order chi connectivity index (χ1) is 10.2. The van der Waals surface area contributed by atoms with Gasteiger partial charge in [0.2, 0.25) is 5.91 Å². The first kappa shape index (κ1) is 14.1. The second-order valence-electron chi connectivity index (χ2n) is 5.71. The van der Waals surface area contributed by atoms with E-state index in [1.165, 1.54) is 0 Å². The first-order valence-electron chi connectivity index (χ1n) is 7.60. The maximum atomic E-state index is 12.0. The number of benzene rings is 1. The molecular formula is C17H21NO3. The molecule has 0 radical (unpaired) electrons. The van der Waals surface area contributed by atoms with Crippen LogP contribution in [0.25, 0.3) is 0 Å². The summed E-state index contributed by atoms with van der Waals surface area (Å²) < 4.78 is 5.45. The van der Waals surface area contributed by atoms with Crippen LogP contribution in [0.3, 0.4) is 0 Å². The molecule has 0 aromatic heterocycles. The highest BCUT2D eigenvalue weighted by Gasteiger charge is 2.20. The number of aliphatic hydroxyl groups excluding tert-OH is 1. The van der Waals surface area contributed by atoms with Gasteiger partial charge in [0.15, 0.2) is 0 Å². The van der Waals surface area contributed by atoms with Crippen molar-refractivity contribution in [3.8, 4) is 5.75 Å². The van der Waals surface area contributed by atoms with E-state index in [9.17, 15) is 9.90 Å². The molecule has 21 heavy (non-hydrogen) atoms. The lowest BCUT2D eigenvalue weighted by Crippen LogP contribution is -2.34. The summed E-state index contributed by atoms with van der Waals surface area (Å²) in [5.74, 6) is 1.00. The van der Waals surface area contributed by atoms with Crippen LogP contribution in [0.15, 0.2) is 30.4 Å². The molecule has 1 amide bonds. The highest BCUT2D eigenvalue weighted by atomic mass is 16.5. The average Bonchev–Trinajstić information content (AvgIpc) is 3.00. The number of nitrogens with one attached hydrogen (secondary N) is 1. The Kier molecular flexibility index (Phi) is 4.25. The highest BCUT2D eigenvalue weighted by molar-refractivity contribution is 5.79. The van der Waals surface area contributed by atoms with Gasteiger partial charge in [-0.3, -0.25) is 4.79 Å². The number of carbonyl (C=O) groups is 1. The molecule has 4 heteroatoms. The van der Waals surface area contributed by atoms with E-state index in [1.807, 2.05) is 18.2 Å². The number of ether oxygens (including phenoxy) is 1. The van der Waals surface area contributed by atoms with E-state index in [0.29, 0.717) is 6.61 Å². The molecule has 3 rings (SSSR count). The fraction of sp³-hybridized carbons (Fsp3) is 0.471. The van der Waals surface area contributed by atoms with Crippen molar-refractivity contribution in [1.82, 2.24) is 5.32 Å². The SMILES string of the molecule is O=C(NC[C@H](O)c1ccc2c(c1)CCO2)[C@@H]1CC=CCC1. The third-order valence-electron chi connectivity index (χ3n) is 4.21. The van der Waals surface area contributed by atoms with Crippen molar-refractivity contribution in [3.05, 3.63) is 41.5 Å². The van der Waals surface area contributed by atoms with Crippen molar-refractivity contribution in [2.75, 3.05) is 13.2 Å². The third-order valence-corrected chi connectivity index (χ3v) is 4.21. The number of fused-ring (bicyclic) bond motifs is 1. The topological polar surface area (TPSA) is 58.6 Å². The van der Waals surface area contributed by atoms with Gasteiger partial charge in [-0.2, -0.15) is 0 Å². The van der Waals surface area contributed by atoms with E-state index < -0.39 is 6.10 Å². The minimum atomic E-state index is -0.668. The normalized spacial score (nSPS) is 21.5. The van der Waals surface area contributed by atoms with Gasteiger partial charge in [-0.25, -0.2) is 0 Å². The number of carbonyl (C=O) groups excluding carboxylic acids is 1. The quantitative estimate of drug-likeness (QED) is 0.834. The Bertz CT molecular complexity index is 553. The Morgan fingerprint density at radius 1 is 1.43 bits per heavy atom. The molecule has 0 saturated heterocycles. The lowest BCUT2D eigenvalue weighted by molar-refractivity contribution is -0.125. The smallest absolute Gasteiger partial charge is 0.223 e. The summed E-state index contributed by atoms with van der Waals surface area (Å²) in [7, 11) is 0. The van der Waals surface area contributed by atoms with Crippen LogP contribution in [-0.2, 0) is 11.2 Å². The van der Waals surface area contributed by atoms with Gasteiger partial charge in [0.1, 0.15) is 5.75 Å². The number of hydrogen-bond donors (Lipinski definition) is 2. The van der Waals surface area contributed by atoms with Gasteiger partial charge in [-0.15, -0.1) is 0 Å². The molecule has 2 N–H and O–H groups in total. The maximum Gasteiger partial charge on any atom is 0.223 e. The van der Waals surface area contributed by atoms with E-state index >= 15 is 0 Å². The average molecular weight is 287 g/mol. The Morgan fingerprint density at radius 2 is 2.33 bits per heavy atom. The standard InChI is InChI=1S/C17H21NO3/c19-15(11-18-17(20)12-4-2-1-3-5-12)13-6-7-16-14(10-13)8-9-21-16/h1-2,6-7,10,12,15,19H,3-5,8-9,11H2,(H,18,20)/t12-,15+/m1/s1. The van der Waals surface area contributed by atoms with Crippen LogP contribution in [0.5, 0.6) is 5.75 Å². The Hall–Kier alpha value is -1.81. The Balaban J connectivity index is 1.55. The molecule has 112 valence electrons. The first-order valence-corrected chi connectivity index (χ1v) is 7.60. The maximum absolute atomic E-state index is 12.0. The molecule has 1 aromatic carbocycles. The molecule has 1 aliphatic heterocycles. The van der Waals surface area contributed by atoms with Crippen LogP contribution in [0.4, 0.5) is 0 Å². The predicted octanol–water partition coefficient (Wildman–Crippen LogP) is 2.13. The fourth-order valence-electron chi connectivity index (χ4n) is 2.90. The van der Waals surface area contributed by atoms with Crippen LogP contribution >= 0.6 is 0 Å². The summed E-state index contributed by atoms with van der Waals surface area (Å²) in [5.41, 5.74) is 1.97. The summed E-state index contributed by atoms with van der Waals surface area (Å²) in [5, 5.41) is 13.1. The molecular weight excluding hydrogens is 266 g/mol. The molecule has 0 bridgehead atoms. The molecule has 0 spiro atoms. The van der Waals surface area contributed by atoms with E-state index in [-0.39, 0.29) is 18.4 Å². The zero-order chi connectivity index (χ0) is 14.7. The summed E-state index contributed by atoms with van der Waals surface area (Å²) in [6.07, 6.45) is 7.06. The summed E-state index contributed by atoms with van der Waals surface area (Å²) in [6.45, 7) is 0.972. The van der Waals surface area contributed by atoms with E-state index in [2.05, 4.69) is 17.5 Å². The molecule has 0 fully saturated rings. The van der Waals surface area contributed by atoms with Crippen LogP contribution < -0.4 is 10.1 Å². The summed E-state index contributed by atoms with van der Waals surface area (Å²) in [4.78, 5) is 12.0. The zero-order valence-corrected chi connectivity index (χ0v) is 12.0. The van der Waals surface area contributed by atoms with E-state index in [1.54, 1.807) is 0 Å². The minimum Gasteiger partial charge on any atom is -0.493 e. The van der Waals surface area contributed by atoms with Crippen LogP contribution in [0, 0.1) is 5.92 Å². The van der Waals surface area contributed by atoms with Gasteiger partial charge in [-0.05, 0) is 42.5 Å². The molecule has 1 heterocycles. The van der Waals surface area contributed by atoms with Gasteiger partial charge in [0.05, 0.1) is 12.7 Å². The van der Waals surface area contributed by atoms with E-state index in [0.717, 1.165) is 42.6 Å². The number of hydrogen-bond acceptors (Lipinski definition) is 3. The molecule has 1 aromatic rings. The summed E-state index contributed by atoms with van der Waals surface area (Å²) >= 11 is 0. The van der Waals surface area contributed by atoms with Gasteiger partial charge in [0, 0.05) is 18.9 Å². The number of rotatable bonds is 4. The molecule has 2 aliphatic rings. The lowest BCUT2D eigenvalue weighted by atomic mass is 9.93. The van der Waals surface area contributed by atoms with Crippen molar-refractivity contribution in [2.45, 2.75) is 31.8 Å². The van der Waals surface area contributed by atoms with Crippen molar-refractivity contribution >= 4 is 5.91 Å². The third kappa shape index (κ3) is 3.27. The molecule has 0 unspecified atom stereocenters. The van der Waals surface area contributed by atoms with Crippen LogP contribution in [0.1, 0.15) is 36.5 Å². The Morgan fingerprint density at radius 3 is 3.14 bits per heavy atom. The second-order valence-corrected chi connectivity index (χ2v) is 5.71. The second kappa shape index (κ2) is 6.31. The van der Waals surface area contributed by atoms with Gasteiger partial charge >= 0.3 is 0 Å². The Labute approximate surface area is 124 Å². The van der Waals surface area contributed by atoms with Gasteiger partial charge in [0.25, 0.3) is 0 Å². The molecule has 0 saturated carbocycles. The van der Waals surface area contributed by atoms with Crippen molar-refractivity contribution in [2.24, 2.45) is 5.92 Å². The van der Waals surface area contributed by atoms with E-state index in [4.69, 9.17) is 4.74 Å². The number of amides is 1. The predicted molar refractivity (Wildman–Crippen MR) is 80.1 cm³/mol. The van der Waals surface area contributed by atoms with Gasteiger partial charge in [-0.1, -0.05) is 18.2 Å². The van der Waals surface area contributed by atoms with Crippen LogP contribution in [0.2, 0.25) is 0 Å². The molecule has 2 atom stereocenters. The molecule has 4 nitrogen and oxygen atoms in total. The zero-order valence-electron chi connectivity index (χ0n) is 12.0.